The van der Waals surface area contributed by atoms with Crippen molar-refractivity contribution >= 4 is 26.7 Å². The van der Waals surface area contributed by atoms with Crippen molar-refractivity contribution in [3.63, 3.8) is 0 Å². The van der Waals surface area contributed by atoms with E-state index in [0.29, 0.717) is 11.1 Å². The molecule has 2 N–H and O–H groups in total. The number of ether oxygens (including phenoxy) is 1. The molecular formula is C16H13NO5S. The lowest BCUT2D eigenvalue weighted by molar-refractivity contribution is 0.0971. The predicted molar refractivity (Wildman–Crippen MR) is 83.2 cm³/mol. The van der Waals surface area contributed by atoms with Gasteiger partial charge in [0.15, 0.2) is 0 Å². The number of hydrogen-bond acceptors (Lipinski definition) is 5. The van der Waals surface area contributed by atoms with E-state index >= 15 is 0 Å². The fourth-order valence-corrected chi connectivity index (χ4v) is 3.90. The van der Waals surface area contributed by atoms with Crippen LogP contribution in [0.5, 0.6) is 5.75 Å². The number of rotatable bonds is 4. The molecule has 0 saturated heterocycles. The normalized spacial score (nSPS) is 11.5. The van der Waals surface area contributed by atoms with E-state index in [4.69, 9.17) is 14.9 Å². The molecule has 0 spiro atoms. The number of carbonyl (C=O) groups is 1. The zero-order chi connectivity index (χ0) is 16.6. The van der Waals surface area contributed by atoms with Crippen molar-refractivity contribution in [1.82, 2.24) is 0 Å². The van der Waals surface area contributed by atoms with Crippen LogP contribution in [-0.4, -0.2) is 21.4 Å². The first-order chi connectivity index (χ1) is 10.9. The van der Waals surface area contributed by atoms with Gasteiger partial charge < -0.3 is 14.9 Å². The van der Waals surface area contributed by atoms with Crippen molar-refractivity contribution < 1.29 is 22.4 Å². The maximum atomic E-state index is 12.9. The lowest BCUT2D eigenvalue weighted by atomic mass is 10.2. The average molecular weight is 331 g/mol. The van der Waals surface area contributed by atoms with Crippen LogP contribution in [0.1, 0.15) is 10.6 Å². The number of para-hydroxylation sites is 1. The molecule has 2 aromatic carbocycles. The average Bonchev–Trinajstić information content (AvgIpc) is 2.95. The molecule has 118 valence electrons. The van der Waals surface area contributed by atoms with Crippen LogP contribution in [0.25, 0.3) is 11.0 Å². The molecular weight excluding hydrogens is 318 g/mol. The quantitative estimate of drug-likeness (QED) is 0.791. The fourth-order valence-electron chi connectivity index (χ4n) is 2.32. The van der Waals surface area contributed by atoms with Crippen molar-refractivity contribution in [2.45, 2.75) is 9.79 Å². The molecule has 3 aromatic rings. The van der Waals surface area contributed by atoms with Crippen LogP contribution in [-0.2, 0) is 9.84 Å². The number of carbonyl (C=O) groups excluding carboxylic acids is 1. The van der Waals surface area contributed by atoms with E-state index in [-0.39, 0.29) is 21.1 Å². The number of hydrogen-bond donors (Lipinski definition) is 1. The highest BCUT2D eigenvalue weighted by molar-refractivity contribution is 7.91. The lowest BCUT2D eigenvalue weighted by Gasteiger charge is -2.05. The minimum atomic E-state index is -3.97. The summed E-state index contributed by atoms with van der Waals surface area (Å²) in [7, 11) is -2.49. The zero-order valence-electron chi connectivity index (χ0n) is 12.1. The molecule has 0 unspecified atom stereocenters. The molecule has 6 nitrogen and oxygen atoms in total. The Balaban J connectivity index is 2.28. The van der Waals surface area contributed by atoms with E-state index in [1.807, 2.05) is 0 Å². The maximum Gasteiger partial charge on any atom is 0.285 e. The minimum Gasteiger partial charge on any atom is -0.497 e. The number of benzene rings is 2. The first-order valence-corrected chi connectivity index (χ1v) is 8.14. The molecule has 7 heteroatoms. The number of furan rings is 1. The Kier molecular flexibility index (Phi) is 3.57. The monoisotopic (exact) mass is 331 g/mol. The van der Waals surface area contributed by atoms with Crippen LogP contribution in [0, 0.1) is 0 Å². The second-order valence-corrected chi connectivity index (χ2v) is 6.69. The molecule has 0 radical (unpaired) electrons. The molecule has 3 rings (SSSR count). The Hall–Kier alpha value is -2.80. The van der Waals surface area contributed by atoms with Gasteiger partial charge in [0.1, 0.15) is 16.2 Å². The Labute approximate surface area is 132 Å². The number of nitrogens with two attached hydrogens (primary N) is 1. The second kappa shape index (κ2) is 5.44. The number of methoxy groups -OCH3 is 1. The summed E-state index contributed by atoms with van der Waals surface area (Å²) in [5.74, 6) is -0.786. The summed E-state index contributed by atoms with van der Waals surface area (Å²) in [6.07, 6.45) is 0. The van der Waals surface area contributed by atoms with Gasteiger partial charge in [-0.3, -0.25) is 4.79 Å². The van der Waals surface area contributed by atoms with Gasteiger partial charge in [-0.15, -0.1) is 0 Å². The Bertz CT molecular complexity index is 987. The predicted octanol–water partition coefficient (Wildman–Crippen LogP) is 2.37. The maximum absolute atomic E-state index is 12.9. The molecule has 0 aliphatic rings. The van der Waals surface area contributed by atoms with Crippen LogP contribution in [0.3, 0.4) is 0 Å². The van der Waals surface area contributed by atoms with Gasteiger partial charge in [0.05, 0.1) is 12.0 Å². The summed E-state index contributed by atoms with van der Waals surface area (Å²) in [5, 5.41) is 0.317. The Morgan fingerprint density at radius 2 is 1.74 bits per heavy atom. The molecule has 1 amide bonds. The Morgan fingerprint density at radius 3 is 2.35 bits per heavy atom. The third-order valence-corrected chi connectivity index (χ3v) is 5.25. The summed E-state index contributed by atoms with van der Waals surface area (Å²) in [6, 6.07) is 12.4. The number of fused-ring (bicyclic) bond motifs is 1. The third-order valence-electron chi connectivity index (χ3n) is 3.41. The number of primary amides is 1. The summed E-state index contributed by atoms with van der Waals surface area (Å²) in [4.78, 5) is 11.4. The van der Waals surface area contributed by atoms with Crippen LogP contribution >= 0.6 is 0 Å². The van der Waals surface area contributed by atoms with Crippen molar-refractivity contribution in [2.24, 2.45) is 5.73 Å². The number of amides is 1. The zero-order valence-corrected chi connectivity index (χ0v) is 13.0. The minimum absolute atomic E-state index is 0.0207. The highest BCUT2D eigenvalue weighted by Crippen LogP contribution is 2.34. The molecule has 0 aliphatic carbocycles. The van der Waals surface area contributed by atoms with Crippen LogP contribution in [0.2, 0.25) is 0 Å². The van der Waals surface area contributed by atoms with Gasteiger partial charge in [-0.1, -0.05) is 12.1 Å². The van der Waals surface area contributed by atoms with Gasteiger partial charge in [-0.2, -0.15) is 0 Å². The van der Waals surface area contributed by atoms with Gasteiger partial charge in [0.2, 0.25) is 15.6 Å². The van der Waals surface area contributed by atoms with Crippen molar-refractivity contribution in [1.29, 1.82) is 0 Å². The SMILES string of the molecule is COc1ccc(S(=O)(=O)c2c(C(N)=O)oc3ccccc23)cc1. The molecule has 23 heavy (non-hydrogen) atoms. The highest BCUT2D eigenvalue weighted by atomic mass is 32.2. The molecule has 1 aromatic heterocycles. The van der Waals surface area contributed by atoms with E-state index in [0.717, 1.165) is 0 Å². The second-order valence-electron chi connectivity index (χ2n) is 4.80. The standard InChI is InChI=1S/C16H13NO5S/c1-21-10-6-8-11(9-7-10)23(19,20)15-12-4-2-3-5-13(12)22-14(15)16(17)18/h2-9H,1H3,(H2,17,18). The molecule has 0 bridgehead atoms. The smallest absolute Gasteiger partial charge is 0.285 e. The van der Waals surface area contributed by atoms with Crippen molar-refractivity contribution in [2.75, 3.05) is 7.11 Å². The summed E-state index contributed by atoms with van der Waals surface area (Å²) < 4.78 is 36.2. The van der Waals surface area contributed by atoms with E-state index < -0.39 is 15.7 Å². The van der Waals surface area contributed by atoms with Crippen LogP contribution < -0.4 is 10.5 Å². The first-order valence-electron chi connectivity index (χ1n) is 6.65. The van der Waals surface area contributed by atoms with E-state index in [1.165, 1.54) is 31.4 Å². The van der Waals surface area contributed by atoms with Crippen molar-refractivity contribution in [3.8, 4) is 5.75 Å². The largest absolute Gasteiger partial charge is 0.497 e. The first kappa shape index (κ1) is 15.1. The highest BCUT2D eigenvalue weighted by Gasteiger charge is 2.30. The molecule has 0 atom stereocenters. The van der Waals surface area contributed by atoms with Gasteiger partial charge in [0, 0.05) is 5.39 Å². The Morgan fingerprint density at radius 1 is 1.09 bits per heavy atom. The lowest BCUT2D eigenvalue weighted by Crippen LogP contribution is -2.14. The molecule has 0 aliphatic heterocycles. The molecule has 1 heterocycles. The van der Waals surface area contributed by atoms with Crippen LogP contribution in [0.15, 0.2) is 62.7 Å². The topological polar surface area (TPSA) is 99.6 Å². The van der Waals surface area contributed by atoms with Gasteiger partial charge in [0.25, 0.3) is 5.91 Å². The van der Waals surface area contributed by atoms with Crippen molar-refractivity contribution in [3.05, 3.63) is 54.3 Å². The molecule has 0 fully saturated rings. The van der Waals surface area contributed by atoms with Gasteiger partial charge >= 0.3 is 0 Å². The van der Waals surface area contributed by atoms with Crippen LogP contribution in [0.4, 0.5) is 0 Å². The van der Waals surface area contributed by atoms with Gasteiger partial charge in [-0.05, 0) is 36.4 Å². The summed E-state index contributed by atoms with van der Waals surface area (Å²) >= 11 is 0. The molecule has 0 saturated carbocycles. The van der Waals surface area contributed by atoms with E-state index in [2.05, 4.69) is 0 Å². The van der Waals surface area contributed by atoms with E-state index in [1.54, 1.807) is 24.3 Å². The summed E-state index contributed by atoms with van der Waals surface area (Å²) in [6.45, 7) is 0. The summed E-state index contributed by atoms with van der Waals surface area (Å²) in [5.41, 5.74) is 5.57. The van der Waals surface area contributed by atoms with E-state index in [9.17, 15) is 13.2 Å². The number of sulfone groups is 1. The van der Waals surface area contributed by atoms with Gasteiger partial charge in [-0.25, -0.2) is 8.42 Å². The fraction of sp³-hybridized carbons (Fsp3) is 0.0625. The third kappa shape index (κ3) is 2.44.